The Morgan fingerprint density at radius 3 is 2.69 bits per heavy atom. The molecule has 0 amide bonds. The van der Waals surface area contributed by atoms with Crippen molar-refractivity contribution in [1.29, 1.82) is 0 Å². The lowest BCUT2D eigenvalue weighted by molar-refractivity contribution is 0.109. The number of nitrogens with one attached hydrogen (secondary N) is 1. The minimum atomic E-state index is -0.133. The molecular weight excluding hydrogens is 202 g/mol. The van der Waals surface area contributed by atoms with Gasteiger partial charge in [-0.1, -0.05) is 19.3 Å². The standard InChI is InChI=1S/C13H25NO2/c15-13-7-3-1-2-6-12(13)14-11-5-4-9-16-10-8-11/h11-15H,1-10H2. The van der Waals surface area contributed by atoms with E-state index in [9.17, 15) is 5.11 Å². The van der Waals surface area contributed by atoms with Crippen LogP contribution >= 0.6 is 0 Å². The van der Waals surface area contributed by atoms with Crippen molar-refractivity contribution in [2.24, 2.45) is 0 Å². The summed E-state index contributed by atoms with van der Waals surface area (Å²) in [7, 11) is 0. The lowest BCUT2D eigenvalue weighted by Gasteiger charge is -2.27. The molecule has 94 valence electrons. The van der Waals surface area contributed by atoms with Crippen LogP contribution in [0.25, 0.3) is 0 Å². The second-order valence-corrected chi connectivity index (χ2v) is 5.22. The van der Waals surface area contributed by atoms with Crippen LogP contribution in [0, 0.1) is 0 Å². The molecule has 3 heteroatoms. The van der Waals surface area contributed by atoms with Crippen LogP contribution in [0.15, 0.2) is 0 Å². The van der Waals surface area contributed by atoms with Crippen LogP contribution < -0.4 is 5.32 Å². The molecular formula is C13H25NO2. The lowest BCUT2D eigenvalue weighted by Crippen LogP contribution is -2.45. The zero-order chi connectivity index (χ0) is 11.2. The fourth-order valence-electron chi connectivity index (χ4n) is 2.86. The van der Waals surface area contributed by atoms with Crippen molar-refractivity contribution >= 4 is 0 Å². The monoisotopic (exact) mass is 227 g/mol. The molecule has 0 radical (unpaired) electrons. The highest BCUT2D eigenvalue weighted by molar-refractivity contribution is 4.83. The maximum absolute atomic E-state index is 10.1. The summed E-state index contributed by atoms with van der Waals surface area (Å²) in [4.78, 5) is 0. The van der Waals surface area contributed by atoms with Gasteiger partial charge < -0.3 is 15.2 Å². The highest BCUT2D eigenvalue weighted by Crippen LogP contribution is 2.20. The first kappa shape index (κ1) is 12.3. The fraction of sp³-hybridized carbons (Fsp3) is 1.00. The van der Waals surface area contributed by atoms with E-state index in [2.05, 4.69) is 5.32 Å². The van der Waals surface area contributed by atoms with Gasteiger partial charge in [-0.25, -0.2) is 0 Å². The van der Waals surface area contributed by atoms with Gasteiger partial charge in [-0.05, 0) is 32.1 Å². The second kappa shape index (κ2) is 6.58. The van der Waals surface area contributed by atoms with Gasteiger partial charge in [0, 0.05) is 25.3 Å². The minimum absolute atomic E-state index is 0.133. The molecule has 2 N–H and O–H groups in total. The molecule has 2 rings (SSSR count). The Kier molecular flexibility index (Phi) is 5.07. The lowest BCUT2D eigenvalue weighted by atomic mass is 10.0. The van der Waals surface area contributed by atoms with Gasteiger partial charge in [-0.2, -0.15) is 0 Å². The van der Waals surface area contributed by atoms with Gasteiger partial charge in [-0.3, -0.25) is 0 Å². The number of rotatable bonds is 2. The molecule has 1 saturated carbocycles. The van der Waals surface area contributed by atoms with Gasteiger partial charge in [0.1, 0.15) is 0 Å². The van der Waals surface area contributed by atoms with Crippen LogP contribution in [0.5, 0.6) is 0 Å². The number of hydrogen-bond acceptors (Lipinski definition) is 3. The molecule has 0 spiro atoms. The third-order valence-electron chi connectivity index (χ3n) is 3.88. The van der Waals surface area contributed by atoms with Crippen LogP contribution in [0.4, 0.5) is 0 Å². The van der Waals surface area contributed by atoms with Crippen LogP contribution in [-0.2, 0) is 4.74 Å². The number of aliphatic hydroxyl groups is 1. The van der Waals surface area contributed by atoms with Crippen molar-refractivity contribution < 1.29 is 9.84 Å². The van der Waals surface area contributed by atoms with Crippen LogP contribution in [-0.4, -0.2) is 36.5 Å². The van der Waals surface area contributed by atoms with Gasteiger partial charge >= 0.3 is 0 Å². The van der Waals surface area contributed by atoms with Gasteiger partial charge in [0.25, 0.3) is 0 Å². The van der Waals surface area contributed by atoms with Crippen LogP contribution in [0.3, 0.4) is 0 Å². The van der Waals surface area contributed by atoms with Crippen molar-refractivity contribution in [3.63, 3.8) is 0 Å². The summed E-state index contributed by atoms with van der Waals surface area (Å²) in [5.74, 6) is 0. The Hall–Kier alpha value is -0.120. The topological polar surface area (TPSA) is 41.5 Å². The summed E-state index contributed by atoms with van der Waals surface area (Å²) in [5.41, 5.74) is 0. The molecule has 3 nitrogen and oxygen atoms in total. The summed E-state index contributed by atoms with van der Waals surface area (Å²) in [6.45, 7) is 1.78. The summed E-state index contributed by atoms with van der Waals surface area (Å²) in [6.07, 6.45) is 9.16. The van der Waals surface area contributed by atoms with Crippen molar-refractivity contribution in [3.8, 4) is 0 Å². The molecule has 2 fully saturated rings. The molecule has 0 bridgehead atoms. The first-order valence-electron chi connectivity index (χ1n) is 6.88. The summed E-state index contributed by atoms with van der Waals surface area (Å²) < 4.78 is 5.46. The smallest absolute Gasteiger partial charge is 0.0693 e. The van der Waals surface area contributed by atoms with Crippen LogP contribution in [0.1, 0.15) is 51.4 Å². The predicted molar refractivity (Wildman–Crippen MR) is 64.5 cm³/mol. The molecule has 1 aliphatic carbocycles. The van der Waals surface area contributed by atoms with Crippen molar-refractivity contribution in [2.45, 2.75) is 69.6 Å². The molecule has 0 aromatic heterocycles. The molecule has 3 unspecified atom stereocenters. The van der Waals surface area contributed by atoms with Crippen LogP contribution in [0.2, 0.25) is 0 Å². The molecule has 1 saturated heterocycles. The zero-order valence-corrected chi connectivity index (χ0v) is 10.2. The molecule has 16 heavy (non-hydrogen) atoms. The van der Waals surface area contributed by atoms with E-state index in [1.165, 1.54) is 25.7 Å². The number of aliphatic hydroxyl groups excluding tert-OH is 1. The quantitative estimate of drug-likeness (QED) is 0.707. The normalized spacial score (nSPS) is 37.7. The van der Waals surface area contributed by atoms with Gasteiger partial charge in [0.15, 0.2) is 0 Å². The van der Waals surface area contributed by atoms with Crippen molar-refractivity contribution in [2.75, 3.05) is 13.2 Å². The average molecular weight is 227 g/mol. The molecule has 0 aromatic rings. The molecule has 1 aliphatic heterocycles. The van der Waals surface area contributed by atoms with E-state index >= 15 is 0 Å². The first-order valence-corrected chi connectivity index (χ1v) is 6.88. The third-order valence-corrected chi connectivity index (χ3v) is 3.88. The highest BCUT2D eigenvalue weighted by atomic mass is 16.5. The molecule has 0 aromatic carbocycles. The zero-order valence-electron chi connectivity index (χ0n) is 10.2. The molecule has 3 atom stereocenters. The van der Waals surface area contributed by atoms with Gasteiger partial charge in [0.05, 0.1) is 6.10 Å². The number of ether oxygens (including phenoxy) is 1. The SMILES string of the molecule is OC1CCCCCC1NC1CCCOCC1. The maximum atomic E-state index is 10.1. The molecule has 2 aliphatic rings. The van der Waals surface area contributed by atoms with E-state index in [0.717, 1.165) is 38.9 Å². The Morgan fingerprint density at radius 1 is 0.875 bits per heavy atom. The van der Waals surface area contributed by atoms with Crippen molar-refractivity contribution in [3.05, 3.63) is 0 Å². The summed E-state index contributed by atoms with van der Waals surface area (Å²) in [6, 6.07) is 0.880. The third kappa shape index (κ3) is 3.72. The highest BCUT2D eigenvalue weighted by Gasteiger charge is 2.24. The minimum Gasteiger partial charge on any atom is -0.392 e. The Labute approximate surface area is 98.6 Å². The van der Waals surface area contributed by atoms with E-state index in [1.807, 2.05) is 0 Å². The van der Waals surface area contributed by atoms with E-state index < -0.39 is 0 Å². The average Bonchev–Trinajstić information content (AvgIpc) is 2.64. The Morgan fingerprint density at radius 2 is 1.75 bits per heavy atom. The first-order chi connectivity index (χ1) is 7.86. The Balaban J connectivity index is 1.81. The second-order valence-electron chi connectivity index (χ2n) is 5.22. The van der Waals surface area contributed by atoms with Crippen molar-refractivity contribution in [1.82, 2.24) is 5.32 Å². The van der Waals surface area contributed by atoms with E-state index in [4.69, 9.17) is 4.74 Å². The largest absolute Gasteiger partial charge is 0.392 e. The molecule has 1 heterocycles. The Bertz CT molecular complexity index is 190. The van der Waals surface area contributed by atoms with E-state index in [-0.39, 0.29) is 6.10 Å². The van der Waals surface area contributed by atoms with Gasteiger partial charge in [0.2, 0.25) is 0 Å². The predicted octanol–water partition coefficient (Wildman–Crippen LogP) is 1.84. The van der Waals surface area contributed by atoms with E-state index in [0.29, 0.717) is 12.1 Å². The summed E-state index contributed by atoms with van der Waals surface area (Å²) in [5, 5.41) is 13.7. The van der Waals surface area contributed by atoms with Gasteiger partial charge in [-0.15, -0.1) is 0 Å². The fourth-order valence-corrected chi connectivity index (χ4v) is 2.86. The number of hydrogen-bond donors (Lipinski definition) is 2. The van der Waals surface area contributed by atoms with E-state index in [1.54, 1.807) is 0 Å². The maximum Gasteiger partial charge on any atom is 0.0693 e. The summed E-state index contributed by atoms with van der Waals surface area (Å²) >= 11 is 0.